The smallest absolute Gasteiger partial charge is 0.225 e. The van der Waals surface area contributed by atoms with Crippen LogP contribution in [0, 0.1) is 0 Å². The molecule has 0 atom stereocenters. The summed E-state index contributed by atoms with van der Waals surface area (Å²) in [5.74, 6) is 1.64. The number of rotatable bonds is 3. The molecule has 3 rings (SSSR count). The fourth-order valence-corrected chi connectivity index (χ4v) is 2.52. The first kappa shape index (κ1) is 9.36. The van der Waals surface area contributed by atoms with E-state index >= 15 is 0 Å². The second kappa shape index (κ2) is 3.61. The van der Waals surface area contributed by atoms with E-state index in [1.54, 1.807) is 11.3 Å². The fraction of sp³-hybridized carbons (Fsp3) is 0.400. The summed E-state index contributed by atoms with van der Waals surface area (Å²) in [6, 6.07) is 4.16. The number of halogens is 1. The molecule has 2 aromatic rings. The van der Waals surface area contributed by atoms with Crippen molar-refractivity contribution in [3.05, 3.63) is 33.5 Å². The van der Waals surface area contributed by atoms with Crippen molar-refractivity contribution in [1.82, 2.24) is 14.8 Å². The molecule has 2 aromatic heterocycles. The average molecular weight is 240 g/mol. The van der Waals surface area contributed by atoms with Crippen LogP contribution in [0.1, 0.15) is 29.5 Å². The molecule has 0 aliphatic heterocycles. The molecule has 1 fully saturated rings. The maximum atomic E-state index is 6.03. The molecule has 78 valence electrons. The van der Waals surface area contributed by atoms with Crippen molar-refractivity contribution in [2.24, 2.45) is 0 Å². The third-order valence-corrected chi connectivity index (χ3v) is 3.71. The standard InChI is InChI=1S/C10H10ClN3S/c11-10-13-12-9(7-3-4-7)14(10)6-8-2-1-5-15-8/h1-2,5,7H,3-4,6H2. The van der Waals surface area contributed by atoms with E-state index in [0.717, 1.165) is 12.4 Å². The fourth-order valence-electron chi connectivity index (χ4n) is 1.64. The van der Waals surface area contributed by atoms with Crippen LogP contribution in [0.2, 0.25) is 5.28 Å². The van der Waals surface area contributed by atoms with Gasteiger partial charge in [0.15, 0.2) is 0 Å². The lowest BCUT2D eigenvalue weighted by atomic mass is 10.4. The number of thiophene rings is 1. The van der Waals surface area contributed by atoms with E-state index in [1.807, 2.05) is 4.57 Å². The second-order valence-electron chi connectivity index (χ2n) is 3.77. The summed E-state index contributed by atoms with van der Waals surface area (Å²) in [5.41, 5.74) is 0. The molecule has 0 amide bonds. The van der Waals surface area contributed by atoms with Gasteiger partial charge < -0.3 is 0 Å². The molecule has 3 nitrogen and oxygen atoms in total. The van der Waals surface area contributed by atoms with Gasteiger partial charge in [-0.2, -0.15) is 0 Å². The molecule has 1 aliphatic carbocycles. The van der Waals surface area contributed by atoms with Crippen molar-refractivity contribution in [3.8, 4) is 0 Å². The predicted octanol–water partition coefficient (Wildman–Crippen LogP) is 2.92. The molecule has 2 heterocycles. The first-order valence-electron chi connectivity index (χ1n) is 4.95. The highest BCUT2D eigenvalue weighted by atomic mass is 35.5. The zero-order valence-electron chi connectivity index (χ0n) is 8.06. The molecule has 1 saturated carbocycles. The summed E-state index contributed by atoms with van der Waals surface area (Å²) in [5, 5.41) is 10.7. The van der Waals surface area contributed by atoms with Crippen LogP contribution in [0.15, 0.2) is 17.5 Å². The monoisotopic (exact) mass is 239 g/mol. The lowest BCUT2D eigenvalue weighted by Gasteiger charge is -2.04. The van der Waals surface area contributed by atoms with Crippen LogP contribution in [-0.2, 0) is 6.54 Å². The third-order valence-electron chi connectivity index (χ3n) is 2.57. The Bertz CT molecular complexity index is 459. The second-order valence-corrected chi connectivity index (χ2v) is 5.14. The first-order chi connectivity index (χ1) is 7.34. The van der Waals surface area contributed by atoms with Gasteiger partial charge in [0.1, 0.15) is 5.82 Å². The Kier molecular flexibility index (Phi) is 2.25. The minimum Gasteiger partial charge on any atom is -0.296 e. The van der Waals surface area contributed by atoms with Gasteiger partial charge in [0.2, 0.25) is 5.28 Å². The Hall–Kier alpha value is -0.870. The van der Waals surface area contributed by atoms with Crippen LogP contribution in [0.3, 0.4) is 0 Å². The van der Waals surface area contributed by atoms with Crippen molar-refractivity contribution in [1.29, 1.82) is 0 Å². The number of hydrogen-bond acceptors (Lipinski definition) is 3. The molecule has 0 bridgehead atoms. The zero-order chi connectivity index (χ0) is 10.3. The summed E-state index contributed by atoms with van der Waals surface area (Å²) >= 11 is 7.76. The molecular weight excluding hydrogens is 230 g/mol. The van der Waals surface area contributed by atoms with Crippen LogP contribution in [-0.4, -0.2) is 14.8 Å². The molecule has 5 heteroatoms. The molecule has 15 heavy (non-hydrogen) atoms. The van der Waals surface area contributed by atoms with Crippen LogP contribution >= 0.6 is 22.9 Å². The van der Waals surface area contributed by atoms with E-state index in [-0.39, 0.29) is 0 Å². The summed E-state index contributed by atoms with van der Waals surface area (Å²) in [6.45, 7) is 0.801. The van der Waals surface area contributed by atoms with Gasteiger partial charge in [0, 0.05) is 10.8 Å². The maximum Gasteiger partial charge on any atom is 0.225 e. The van der Waals surface area contributed by atoms with Gasteiger partial charge in [0.25, 0.3) is 0 Å². The molecule has 0 N–H and O–H groups in total. The Morgan fingerprint density at radius 1 is 1.47 bits per heavy atom. The van der Waals surface area contributed by atoms with Crippen LogP contribution in [0.25, 0.3) is 0 Å². The number of hydrogen-bond donors (Lipinski definition) is 0. The topological polar surface area (TPSA) is 30.7 Å². The summed E-state index contributed by atoms with van der Waals surface area (Å²) in [6.07, 6.45) is 2.44. The quantitative estimate of drug-likeness (QED) is 0.825. The molecule has 1 aliphatic rings. The molecule has 0 saturated heterocycles. The van der Waals surface area contributed by atoms with Gasteiger partial charge in [0.05, 0.1) is 6.54 Å². The Morgan fingerprint density at radius 3 is 3.00 bits per heavy atom. The van der Waals surface area contributed by atoms with Gasteiger partial charge >= 0.3 is 0 Å². The molecule has 0 aromatic carbocycles. The van der Waals surface area contributed by atoms with E-state index in [1.165, 1.54) is 17.7 Å². The lowest BCUT2D eigenvalue weighted by Crippen LogP contribution is -2.03. The third kappa shape index (κ3) is 1.79. The largest absolute Gasteiger partial charge is 0.296 e. The minimum atomic E-state index is 0.505. The Morgan fingerprint density at radius 2 is 2.33 bits per heavy atom. The highest BCUT2D eigenvalue weighted by Gasteiger charge is 2.30. The molecule has 0 unspecified atom stereocenters. The average Bonchev–Trinajstić information content (AvgIpc) is 2.82. The van der Waals surface area contributed by atoms with Gasteiger partial charge in [-0.25, -0.2) is 0 Å². The van der Waals surface area contributed by atoms with E-state index in [2.05, 4.69) is 27.7 Å². The highest BCUT2D eigenvalue weighted by Crippen LogP contribution is 2.39. The molecule has 0 radical (unpaired) electrons. The van der Waals surface area contributed by atoms with Crippen LogP contribution in [0.5, 0.6) is 0 Å². The summed E-state index contributed by atoms with van der Waals surface area (Å²) in [7, 11) is 0. The van der Waals surface area contributed by atoms with E-state index in [9.17, 15) is 0 Å². The van der Waals surface area contributed by atoms with Crippen LogP contribution < -0.4 is 0 Å². The van der Waals surface area contributed by atoms with Crippen molar-refractivity contribution >= 4 is 22.9 Å². The zero-order valence-corrected chi connectivity index (χ0v) is 9.63. The molecule has 0 spiro atoms. The minimum absolute atomic E-state index is 0.505. The van der Waals surface area contributed by atoms with Gasteiger partial charge in [-0.15, -0.1) is 21.5 Å². The maximum absolute atomic E-state index is 6.03. The van der Waals surface area contributed by atoms with Gasteiger partial charge in [-0.3, -0.25) is 4.57 Å². The number of aromatic nitrogens is 3. The summed E-state index contributed by atoms with van der Waals surface area (Å²) in [4.78, 5) is 1.29. The van der Waals surface area contributed by atoms with Crippen molar-refractivity contribution < 1.29 is 0 Å². The Balaban J connectivity index is 1.92. The van der Waals surface area contributed by atoms with Crippen molar-refractivity contribution in [2.45, 2.75) is 25.3 Å². The first-order valence-corrected chi connectivity index (χ1v) is 6.21. The highest BCUT2D eigenvalue weighted by molar-refractivity contribution is 7.09. The van der Waals surface area contributed by atoms with E-state index in [0.29, 0.717) is 11.2 Å². The normalized spacial score (nSPS) is 15.8. The number of nitrogens with zero attached hydrogens (tertiary/aromatic N) is 3. The predicted molar refractivity (Wildman–Crippen MR) is 60.4 cm³/mol. The van der Waals surface area contributed by atoms with Gasteiger partial charge in [-0.1, -0.05) is 6.07 Å². The molecular formula is C10H10ClN3S. The Labute approximate surface area is 96.7 Å². The van der Waals surface area contributed by atoms with Gasteiger partial charge in [-0.05, 0) is 35.9 Å². The summed E-state index contributed by atoms with van der Waals surface area (Å²) < 4.78 is 2.02. The lowest BCUT2D eigenvalue weighted by molar-refractivity contribution is 0.735. The van der Waals surface area contributed by atoms with Crippen LogP contribution in [0.4, 0.5) is 0 Å². The SMILES string of the molecule is Clc1nnc(C2CC2)n1Cc1cccs1. The van der Waals surface area contributed by atoms with Crippen molar-refractivity contribution in [2.75, 3.05) is 0 Å². The van der Waals surface area contributed by atoms with E-state index < -0.39 is 0 Å². The van der Waals surface area contributed by atoms with E-state index in [4.69, 9.17) is 11.6 Å². The van der Waals surface area contributed by atoms with Crippen molar-refractivity contribution in [3.63, 3.8) is 0 Å².